The average molecular weight is 248 g/mol. The molecule has 1 saturated heterocycles. The first-order chi connectivity index (χ1) is 8.54. The third-order valence-corrected chi connectivity index (χ3v) is 3.42. The van der Waals surface area contributed by atoms with Gasteiger partial charge in [0.15, 0.2) is 0 Å². The van der Waals surface area contributed by atoms with Crippen LogP contribution in [0, 0.1) is 0 Å². The maximum atomic E-state index is 6.02. The molecule has 1 fully saturated rings. The number of pyridine rings is 1. The molecule has 100 valence electrons. The van der Waals surface area contributed by atoms with Crippen molar-refractivity contribution < 1.29 is 0 Å². The molecule has 2 N–H and O–H groups in total. The Bertz CT molecular complexity index is 350. The van der Waals surface area contributed by atoms with Gasteiger partial charge in [-0.3, -0.25) is 4.90 Å². The fourth-order valence-corrected chi connectivity index (χ4v) is 2.19. The standard InChI is InChI=1S/C14H24N4/c1-14(2,15)6-8-17-9-11-18(12-10-17)13-5-3-4-7-16-13/h3-5,7H,6,8-12,15H2,1-2H3. The second-order valence-corrected chi connectivity index (χ2v) is 5.76. The Hall–Kier alpha value is -1.13. The van der Waals surface area contributed by atoms with E-state index in [1.807, 2.05) is 18.3 Å². The summed E-state index contributed by atoms with van der Waals surface area (Å²) in [5.74, 6) is 1.09. The van der Waals surface area contributed by atoms with Crippen LogP contribution in [-0.2, 0) is 0 Å². The highest BCUT2D eigenvalue weighted by Crippen LogP contribution is 2.13. The van der Waals surface area contributed by atoms with E-state index in [-0.39, 0.29) is 5.54 Å². The van der Waals surface area contributed by atoms with Crippen LogP contribution in [0.5, 0.6) is 0 Å². The summed E-state index contributed by atoms with van der Waals surface area (Å²) in [7, 11) is 0. The Balaban J connectivity index is 1.78. The molecular formula is C14H24N4. The molecule has 0 bridgehead atoms. The maximum absolute atomic E-state index is 6.02. The van der Waals surface area contributed by atoms with Gasteiger partial charge in [-0.2, -0.15) is 0 Å². The van der Waals surface area contributed by atoms with E-state index in [1.165, 1.54) is 0 Å². The van der Waals surface area contributed by atoms with Gasteiger partial charge >= 0.3 is 0 Å². The molecule has 0 unspecified atom stereocenters. The summed E-state index contributed by atoms with van der Waals surface area (Å²) < 4.78 is 0. The number of nitrogens with two attached hydrogens (primary N) is 1. The molecule has 0 amide bonds. The van der Waals surface area contributed by atoms with Crippen LogP contribution in [-0.4, -0.2) is 48.1 Å². The molecule has 0 saturated carbocycles. The van der Waals surface area contributed by atoms with Crippen molar-refractivity contribution >= 4 is 5.82 Å². The van der Waals surface area contributed by atoms with Crippen molar-refractivity contribution in [2.45, 2.75) is 25.8 Å². The van der Waals surface area contributed by atoms with Gasteiger partial charge in [-0.15, -0.1) is 0 Å². The first-order valence-electron chi connectivity index (χ1n) is 6.72. The Morgan fingerprint density at radius 3 is 2.50 bits per heavy atom. The van der Waals surface area contributed by atoms with Crippen LogP contribution in [0.1, 0.15) is 20.3 Å². The molecule has 0 aromatic carbocycles. The van der Waals surface area contributed by atoms with Gasteiger partial charge in [0.2, 0.25) is 0 Å². The van der Waals surface area contributed by atoms with Crippen LogP contribution in [0.3, 0.4) is 0 Å². The molecule has 2 heterocycles. The first kappa shape index (κ1) is 13.3. The first-order valence-corrected chi connectivity index (χ1v) is 6.72. The summed E-state index contributed by atoms with van der Waals surface area (Å²) >= 11 is 0. The van der Waals surface area contributed by atoms with E-state index in [2.05, 4.69) is 34.7 Å². The van der Waals surface area contributed by atoms with Crippen molar-refractivity contribution in [3.8, 4) is 0 Å². The van der Waals surface area contributed by atoms with E-state index in [1.54, 1.807) is 0 Å². The predicted octanol–water partition coefficient (Wildman–Crippen LogP) is 1.33. The van der Waals surface area contributed by atoms with Crippen LogP contribution in [0.15, 0.2) is 24.4 Å². The second kappa shape index (κ2) is 5.67. The molecule has 1 aliphatic heterocycles. The van der Waals surface area contributed by atoms with Gasteiger partial charge in [0.05, 0.1) is 0 Å². The fourth-order valence-electron chi connectivity index (χ4n) is 2.19. The molecular weight excluding hydrogens is 224 g/mol. The quantitative estimate of drug-likeness (QED) is 0.873. The minimum atomic E-state index is -0.0574. The lowest BCUT2D eigenvalue weighted by molar-refractivity contribution is 0.235. The van der Waals surface area contributed by atoms with Crippen LogP contribution < -0.4 is 10.6 Å². The molecule has 0 aliphatic carbocycles. The largest absolute Gasteiger partial charge is 0.354 e. The smallest absolute Gasteiger partial charge is 0.128 e. The molecule has 1 aliphatic rings. The lowest BCUT2D eigenvalue weighted by Gasteiger charge is -2.36. The van der Waals surface area contributed by atoms with Gasteiger partial charge in [0, 0.05) is 44.5 Å². The number of aromatic nitrogens is 1. The van der Waals surface area contributed by atoms with Gasteiger partial charge in [0.1, 0.15) is 5.82 Å². The number of piperazine rings is 1. The summed E-state index contributed by atoms with van der Waals surface area (Å²) in [6.07, 6.45) is 2.91. The summed E-state index contributed by atoms with van der Waals surface area (Å²) in [5.41, 5.74) is 5.97. The van der Waals surface area contributed by atoms with Gasteiger partial charge < -0.3 is 10.6 Å². The van der Waals surface area contributed by atoms with E-state index >= 15 is 0 Å². The molecule has 4 nitrogen and oxygen atoms in total. The van der Waals surface area contributed by atoms with Gasteiger partial charge in [-0.1, -0.05) is 6.07 Å². The number of rotatable bonds is 4. The molecule has 2 rings (SSSR count). The normalized spacial score (nSPS) is 18.1. The highest BCUT2D eigenvalue weighted by molar-refractivity contribution is 5.38. The van der Waals surface area contributed by atoms with Crippen LogP contribution in [0.4, 0.5) is 5.82 Å². The van der Waals surface area contributed by atoms with Crippen LogP contribution in [0.2, 0.25) is 0 Å². The third-order valence-electron chi connectivity index (χ3n) is 3.42. The number of hydrogen-bond donors (Lipinski definition) is 1. The second-order valence-electron chi connectivity index (χ2n) is 5.76. The van der Waals surface area contributed by atoms with Gasteiger partial charge in [-0.25, -0.2) is 4.98 Å². The Kier molecular flexibility index (Phi) is 4.19. The summed E-state index contributed by atoms with van der Waals surface area (Å²) in [6.45, 7) is 9.61. The van der Waals surface area contributed by atoms with Crippen LogP contribution in [0.25, 0.3) is 0 Å². The van der Waals surface area contributed by atoms with Crippen molar-refractivity contribution in [3.63, 3.8) is 0 Å². The molecule has 18 heavy (non-hydrogen) atoms. The zero-order chi connectivity index (χ0) is 13.0. The van der Waals surface area contributed by atoms with Crippen molar-refractivity contribution in [1.29, 1.82) is 0 Å². The van der Waals surface area contributed by atoms with E-state index in [9.17, 15) is 0 Å². The molecule has 4 heteroatoms. The lowest BCUT2D eigenvalue weighted by atomic mass is 10.0. The number of hydrogen-bond acceptors (Lipinski definition) is 4. The van der Waals surface area contributed by atoms with E-state index in [4.69, 9.17) is 5.73 Å². The molecule has 0 spiro atoms. The van der Waals surface area contributed by atoms with Gasteiger partial charge in [0.25, 0.3) is 0 Å². The maximum Gasteiger partial charge on any atom is 0.128 e. The minimum Gasteiger partial charge on any atom is -0.354 e. The third kappa shape index (κ3) is 3.96. The summed E-state index contributed by atoms with van der Waals surface area (Å²) in [5, 5.41) is 0. The minimum absolute atomic E-state index is 0.0574. The zero-order valence-electron chi connectivity index (χ0n) is 11.5. The molecule has 1 aromatic heterocycles. The topological polar surface area (TPSA) is 45.4 Å². The van der Waals surface area contributed by atoms with Crippen molar-refractivity contribution in [3.05, 3.63) is 24.4 Å². The fraction of sp³-hybridized carbons (Fsp3) is 0.643. The van der Waals surface area contributed by atoms with Crippen molar-refractivity contribution in [1.82, 2.24) is 9.88 Å². The molecule has 0 radical (unpaired) electrons. The zero-order valence-corrected chi connectivity index (χ0v) is 11.5. The average Bonchev–Trinajstić information content (AvgIpc) is 2.37. The summed E-state index contributed by atoms with van der Waals surface area (Å²) in [6, 6.07) is 6.09. The van der Waals surface area contributed by atoms with E-state index < -0.39 is 0 Å². The molecule has 1 aromatic rings. The number of nitrogens with zero attached hydrogens (tertiary/aromatic N) is 3. The molecule has 0 atom stereocenters. The Morgan fingerprint density at radius 1 is 1.22 bits per heavy atom. The van der Waals surface area contributed by atoms with Crippen molar-refractivity contribution in [2.24, 2.45) is 5.73 Å². The highest BCUT2D eigenvalue weighted by atomic mass is 15.3. The van der Waals surface area contributed by atoms with Crippen LogP contribution >= 0.6 is 0 Å². The lowest BCUT2D eigenvalue weighted by Crippen LogP contribution is -2.48. The predicted molar refractivity (Wildman–Crippen MR) is 75.8 cm³/mol. The summed E-state index contributed by atoms with van der Waals surface area (Å²) in [4.78, 5) is 9.25. The van der Waals surface area contributed by atoms with E-state index in [0.29, 0.717) is 0 Å². The highest BCUT2D eigenvalue weighted by Gasteiger charge is 2.19. The monoisotopic (exact) mass is 248 g/mol. The van der Waals surface area contributed by atoms with Crippen molar-refractivity contribution in [2.75, 3.05) is 37.6 Å². The van der Waals surface area contributed by atoms with E-state index in [0.717, 1.165) is 45.0 Å². The number of anilines is 1. The SMILES string of the molecule is CC(C)(N)CCN1CCN(c2ccccn2)CC1. The van der Waals surface area contributed by atoms with Gasteiger partial charge in [-0.05, 0) is 32.4 Å². The Morgan fingerprint density at radius 2 is 1.94 bits per heavy atom. The Labute approximate surface area is 110 Å².